The molecule has 0 N–H and O–H groups in total. The second-order valence-corrected chi connectivity index (χ2v) is 8.37. The minimum Gasteiger partial charge on any atom is -0.497 e. The van der Waals surface area contributed by atoms with Gasteiger partial charge in [-0.3, -0.25) is 4.79 Å². The molecule has 1 fully saturated rings. The quantitative estimate of drug-likeness (QED) is 0.574. The first-order chi connectivity index (χ1) is 15.9. The molecule has 0 saturated carbocycles. The van der Waals surface area contributed by atoms with Gasteiger partial charge >= 0.3 is 0 Å². The van der Waals surface area contributed by atoms with Gasteiger partial charge in [-0.15, -0.1) is 10.2 Å². The van der Waals surface area contributed by atoms with E-state index in [2.05, 4.69) is 28.1 Å². The van der Waals surface area contributed by atoms with Crippen molar-refractivity contribution in [2.24, 2.45) is 0 Å². The van der Waals surface area contributed by atoms with Crippen molar-refractivity contribution in [3.8, 4) is 22.8 Å². The monoisotopic (exact) mass is 446 g/mol. The fraction of sp³-hybridized carbons (Fsp3) is 0.346. The van der Waals surface area contributed by atoms with Gasteiger partial charge in [0.1, 0.15) is 11.5 Å². The minimum atomic E-state index is 0.00847. The number of hydrogen-bond donors (Lipinski definition) is 0. The summed E-state index contributed by atoms with van der Waals surface area (Å²) in [5, 5.41) is 8.80. The number of benzene rings is 2. The number of aromatic nitrogens is 2. The fourth-order valence-electron chi connectivity index (χ4n) is 3.98. The number of nitrogens with zero attached hydrogens (tertiary/aromatic N) is 4. The van der Waals surface area contributed by atoms with Crippen molar-refractivity contribution < 1.29 is 14.3 Å². The number of rotatable bonds is 6. The van der Waals surface area contributed by atoms with Gasteiger partial charge in [0, 0.05) is 31.7 Å². The number of aryl methyl sites for hydroxylation is 2. The summed E-state index contributed by atoms with van der Waals surface area (Å²) >= 11 is 0. The van der Waals surface area contributed by atoms with Gasteiger partial charge in [-0.2, -0.15) is 0 Å². The molecule has 1 aliphatic heterocycles. The van der Waals surface area contributed by atoms with Crippen LogP contribution in [0.3, 0.4) is 0 Å². The van der Waals surface area contributed by atoms with Crippen molar-refractivity contribution in [3.63, 3.8) is 0 Å². The third-order valence-corrected chi connectivity index (χ3v) is 6.11. The summed E-state index contributed by atoms with van der Waals surface area (Å²) in [5.74, 6) is 2.42. The standard InChI is InChI=1S/C26H30N4O3/c1-18-15-19(2)20(3)24(16-18)33-17-26(31)30-13-11-29(12-14-30)25-10-9-23(27-28-25)21-5-7-22(32-4)8-6-21/h5-10,15-16H,11-14,17H2,1-4H3. The molecule has 0 bridgehead atoms. The van der Waals surface area contributed by atoms with Crippen LogP contribution in [0.1, 0.15) is 16.7 Å². The van der Waals surface area contributed by atoms with E-state index in [1.807, 2.05) is 61.2 Å². The molecule has 3 aromatic rings. The Morgan fingerprint density at radius 1 is 0.939 bits per heavy atom. The van der Waals surface area contributed by atoms with Crippen molar-refractivity contribution in [3.05, 3.63) is 65.2 Å². The van der Waals surface area contributed by atoms with E-state index in [0.29, 0.717) is 26.2 Å². The van der Waals surface area contributed by atoms with Crippen molar-refractivity contribution in [2.75, 3.05) is 44.8 Å². The van der Waals surface area contributed by atoms with E-state index in [-0.39, 0.29) is 12.5 Å². The molecule has 0 atom stereocenters. The molecule has 1 aromatic heterocycles. The van der Waals surface area contributed by atoms with Gasteiger partial charge in [-0.1, -0.05) is 6.07 Å². The Morgan fingerprint density at radius 2 is 1.67 bits per heavy atom. The van der Waals surface area contributed by atoms with E-state index in [9.17, 15) is 4.79 Å². The Hall–Kier alpha value is -3.61. The maximum absolute atomic E-state index is 12.7. The molecule has 0 unspecified atom stereocenters. The van der Waals surface area contributed by atoms with Gasteiger partial charge in [0.25, 0.3) is 5.91 Å². The van der Waals surface area contributed by atoms with Crippen LogP contribution in [-0.2, 0) is 4.79 Å². The molecule has 7 nitrogen and oxygen atoms in total. The zero-order valence-electron chi connectivity index (χ0n) is 19.7. The highest BCUT2D eigenvalue weighted by atomic mass is 16.5. The molecule has 0 spiro atoms. The maximum atomic E-state index is 12.7. The summed E-state index contributed by atoms with van der Waals surface area (Å²) in [5.41, 5.74) is 5.19. The lowest BCUT2D eigenvalue weighted by Crippen LogP contribution is -2.50. The van der Waals surface area contributed by atoms with Crippen LogP contribution in [0.15, 0.2) is 48.5 Å². The largest absolute Gasteiger partial charge is 0.497 e. The zero-order valence-corrected chi connectivity index (χ0v) is 19.7. The third kappa shape index (κ3) is 5.25. The van der Waals surface area contributed by atoms with Gasteiger partial charge in [-0.25, -0.2) is 0 Å². The summed E-state index contributed by atoms with van der Waals surface area (Å²) < 4.78 is 11.1. The molecule has 172 valence electrons. The SMILES string of the molecule is COc1ccc(-c2ccc(N3CCN(C(=O)COc4cc(C)cc(C)c4C)CC3)nn2)cc1. The van der Waals surface area contributed by atoms with Gasteiger partial charge in [0.2, 0.25) is 0 Å². The molecule has 1 aliphatic rings. The summed E-state index contributed by atoms with van der Waals surface area (Å²) in [6.07, 6.45) is 0. The predicted octanol–water partition coefficient (Wildman–Crippen LogP) is 3.81. The van der Waals surface area contributed by atoms with Crippen LogP contribution in [0.5, 0.6) is 11.5 Å². The molecule has 0 aliphatic carbocycles. The highest BCUT2D eigenvalue weighted by molar-refractivity contribution is 5.78. The van der Waals surface area contributed by atoms with E-state index in [0.717, 1.165) is 39.7 Å². The van der Waals surface area contributed by atoms with Gasteiger partial charge in [0.05, 0.1) is 12.8 Å². The van der Waals surface area contributed by atoms with E-state index >= 15 is 0 Å². The Morgan fingerprint density at radius 3 is 2.30 bits per heavy atom. The van der Waals surface area contributed by atoms with Crippen LogP contribution in [0.25, 0.3) is 11.3 Å². The molecular weight excluding hydrogens is 416 g/mol. The normalized spacial score (nSPS) is 13.7. The maximum Gasteiger partial charge on any atom is 0.260 e. The number of ether oxygens (including phenoxy) is 2. The molecule has 0 radical (unpaired) electrons. The Labute approximate surface area is 195 Å². The van der Waals surface area contributed by atoms with E-state index in [1.54, 1.807) is 7.11 Å². The van der Waals surface area contributed by atoms with E-state index in [1.165, 1.54) is 5.56 Å². The van der Waals surface area contributed by atoms with Crippen LogP contribution < -0.4 is 14.4 Å². The average Bonchev–Trinajstić information content (AvgIpc) is 2.85. The average molecular weight is 447 g/mol. The Kier molecular flexibility index (Phi) is 6.77. The molecule has 7 heteroatoms. The second kappa shape index (κ2) is 9.90. The lowest BCUT2D eigenvalue weighted by molar-refractivity contribution is -0.133. The van der Waals surface area contributed by atoms with E-state index in [4.69, 9.17) is 9.47 Å². The number of hydrogen-bond acceptors (Lipinski definition) is 6. The predicted molar refractivity (Wildman–Crippen MR) is 129 cm³/mol. The third-order valence-electron chi connectivity index (χ3n) is 6.11. The summed E-state index contributed by atoms with van der Waals surface area (Å²) in [7, 11) is 1.65. The number of amides is 1. The lowest BCUT2D eigenvalue weighted by Gasteiger charge is -2.35. The number of piperazine rings is 1. The first kappa shape index (κ1) is 22.6. The molecule has 2 aromatic carbocycles. The summed E-state index contributed by atoms with van der Waals surface area (Å²) in [4.78, 5) is 16.7. The van der Waals surface area contributed by atoms with Gasteiger partial charge in [-0.05, 0) is 79.9 Å². The van der Waals surface area contributed by atoms with Crippen LogP contribution in [-0.4, -0.2) is 60.9 Å². The Balaban J connectivity index is 1.30. The molecule has 4 rings (SSSR count). The highest BCUT2D eigenvalue weighted by Gasteiger charge is 2.23. The number of carbonyl (C=O) groups excluding carboxylic acids is 1. The smallest absolute Gasteiger partial charge is 0.260 e. The van der Waals surface area contributed by atoms with Crippen LogP contribution in [0, 0.1) is 20.8 Å². The minimum absolute atomic E-state index is 0.00847. The van der Waals surface area contributed by atoms with Crippen LogP contribution >= 0.6 is 0 Å². The second-order valence-electron chi connectivity index (χ2n) is 8.37. The van der Waals surface area contributed by atoms with Crippen LogP contribution in [0.4, 0.5) is 5.82 Å². The number of methoxy groups -OCH3 is 1. The van der Waals surface area contributed by atoms with Gasteiger partial charge < -0.3 is 19.3 Å². The Bertz CT molecular complexity index is 1110. The van der Waals surface area contributed by atoms with Crippen molar-refractivity contribution in [1.82, 2.24) is 15.1 Å². The van der Waals surface area contributed by atoms with Crippen molar-refractivity contribution >= 4 is 11.7 Å². The molecule has 33 heavy (non-hydrogen) atoms. The topological polar surface area (TPSA) is 67.8 Å². The summed E-state index contributed by atoms with van der Waals surface area (Å²) in [6.45, 7) is 8.87. The molecule has 2 heterocycles. The van der Waals surface area contributed by atoms with Gasteiger partial charge in [0.15, 0.2) is 12.4 Å². The lowest BCUT2D eigenvalue weighted by atomic mass is 10.1. The zero-order chi connectivity index (χ0) is 23.4. The van der Waals surface area contributed by atoms with E-state index < -0.39 is 0 Å². The summed E-state index contributed by atoms with van der Waals surface area (Å²) in [6, 6.07) is 15.8. The van der Waals surface area contributed by atoms with Crippen molar-refractivity contribution in [2.45, 2.75) is 20.8 Å². The first-order valence-corrected chi connectivity index (χ1v) is 11.2. The molecule has 1 saturated heterocycles. The highest BCUT2D eigenvalue weighted by Crippen LogP contribution is 2.24. The molecule has 1 amide bonds. The molecular formula is C26H30N4O3. The van der Waals surface area contributed by atoms with Crippen molar-refractivity contribution in [1.29, 1.82) is 0 Å². The number of carbonyl (C=O) groups is 1. The number of anilines is 1. The first-order valence-electron chi connectivity index (χ1n) is 11.2. The van der Waals surface area contributed by atoms with Crippen LogP contribution in [0.2, 0.25) is 0 Å². The fourth-order valence-corrected chi connectivity index (χ4v) is 3.98.